The highest BCUT2D eigenvalue weighted by molar-refractivity contribution is 5.79. The second-order valence-electron chi connectivity index (χ2n) is 2.34. The second kappa shape index (κ2) is 12.1. The van der Waals surface area contributed by atoms with Crippen LogP contribution in [0.3, 0.4) is 0 Å². The SMILES string of the molecule is C.CN=C(C)C.CN=C(C)C. The van der Waals surface area contributed by atoms with Gasteiger partial charge in [0, 0.05) is 25.5 Å². The molecule has 0 aliphatic rings. The predicted octanol–water partition coefficient (Wildman–Crippen LogP) is 2.83. The van der Waals surface area contributed by atoms with Crippen LogP contribution in [-0.4, -0.2) is 25.5 Å². The Labute approximate surface area is 71.5 Å². The van der Waals surface area contributed by atoms with Gasteiger partial charge in [0.2, 0.25) is 0 Å². The molecule has 0 fully saturated rings. The third-order valence-electron chi connectivity index (χ3n) is 0.894. The van der Waals surface area contributed by atoms with E-state index >= 15 is 0 Å². The fraction of sp³-hybridized carbons (Fsp3) is 0.778. The third kappa shape index (κ3) is 45.1. The molecule has 0 aliphatic heterocycles. The molecule has 0 spiro atoms. The van der Waals surface area contributed by atoms with Gasteiger partial charge in [0.1, 0.15) is 0 Å². The lowest BCUT2D eigenvalue weighted by atomic mass is 10.5. The van der Waals surface area contributed by atoms with Gasteiger partial charge in [0.15, 0.2) is 0 Å². The van der Waals surface area contributed by atoms with Gasteiger partial charge in [-0.25, -0.2) is 0 Å². The van der Waals surface area contributed by atoms with Crippen LogP contribution in [0, 0.1) is 0 Å². The standard InChI is InChI=1S/2C4H9N.CH4/c2*1-4(2)5-3;/h2*1-3H3;1H4. The van der Waals surface area contributed by atoms with E-state index in [1.54, 1.807) is 14.1 Å². The van der Waals surface area contributed by atoms with Crippen molar-refractivity contribution in [3.63, 3.8) is 0 Å². The van der Waals surface area contributed by atoms with Crippen LogP contribution in [-0.2, 0) is 0 Å². The number of aliphatic imine (C=N–C) groups is 2. The second-order valence-corrected chi connectivity index (χ2v) is 2.34. The van der Waals surface area contributed by atoms with E-state index in [0.29, 0.717) is 0 Å². The van der Waals surface area contributed by atoms with Crippen LogP contribution < -0.4 is 0 Å². The minimum Gasteiger partial charge on any atom is -0.298 e. The highest BCUT2D eigenvalue weighted by Crippen LogP contribution is 1.63. The number of rotatable bonds is 0. The van der Waals surface area contributed by atoms with Gasteiger partial charge in [-0.2, -0.15) is 0 Å². The average molecular weight is 158 g/mol. The van der Waals surface area contributed by atoms with Crippen molar-refractivity contribution in [1.82, 2.24) is 0 Å². The molecule has 0 radical (unpaired) electrons. The minimum atomic E-state index is 0. The molecule has 0 rings (SSSR count). The average Bonchev–Trinajstić information content (AvgIpc) is 1.89. The predicted molar refractivity (Wildman–Crippen MR) is 56.1 cm³/mol. The minimum absolute atomic E-state index is 0. The van der Waals surface area contributed by atoms with Crippen molar-refractivity contribution >= 4 is 11.4 Å². The van der Waals surface area contributed by atoms with E-state index in [1.165, 1.54) is 0 Å². The summed E-state index contributed by atoms with van der Waals surface area (Å²) in [6.45, 7) is 7.89. The summed E-state index contributed by atoms with van der Waals surface area (Å²) in [4.78, 5) is 7.61. The van der Waals surface area contributed by atoms with Crippen molar-refractivity contribution in [2.24, 2.45) is 9.98 Å². The van der Waals surface area contributed by atoms with E-state index in [9.17, 15) is 0 Å². The normalized spacial score (nSPS) is 6.36. The van der Waals surface area contributed by atoms with Gasteiger partial charge in [0.25, 0.3) is 0 Å². The summed E-state index contributed by atoms with van der Waals surface area (Å²) >= 11 is 0. The van der Waals surface area contributed by atoms with Crippen molar-refractivity contribution in [1.29, 1.82) is 0 Å². The lowest BCUT2D eigenvalue weighted by Crippen LogP contribution is -1.74. The Morgan fingerprint density at radius 1 is 0.727 bits per heavy atom. The molecule has 0 saturated heterocycles. The quantitative estimate of drug-likeness (QED) is 0.484. The molecule has 0 aromatic rings. The monoisotopic (exact) mass is 158 g/mol. The van der Waals surface area contributed by atoms with Gasteiger partial charge in [-0.05, 0) is 27.7 Å². The van der Waals surface area contributed by atoms with E-state index in [2.05, 4.69) is 9.98 Å². The Hall–Kier alpha value is -0.660. The van der Waals surface area contributed by atoms with E-state index < -0.39 is 0 Å². The van der Waals surface area contributed by atoms with Crippen LogP contribution in [0.5, 0.6) is 0 Å². The van der Waals surface area contributed by atoms with Crippen LogP contribution in [0.2, 0.25) is 0 Å². The Bertz CT molecular complexity index is 99.5. The maximum atomic E-state index is 3.81. The Morgan fingerprint density at radius 3 is 0.818 bits per heavy atom. The van der Waals surface area contributed by atoms with E-state index in [1.807, 2.05) is 27.7 Å². The number of hydrogen-bond donors (Lipinski definition) is 0. The van der Waals surface area contributed by atoms with Crippen LogP contribution >= 0.6 is 0 Å². The molecule has 0 amide bonds. The van der Waals surface area contributed by atoms with Crippen molar-refractivity contribution < 1.29 is 0 Å². The smallest absolute Gasteiger partial charge is 0.0276 e. The summed E-state index contributed by atoms with van der Waals surface area (Å²) in [5, 5.41) is 0. The van der Waals surface area contributed by atoms with Gasteiger partial charge in [-0.15, -0.1) is 0 Å². The number of hydrogen-bond acceptors (Lipinski definition) is 2. The molecule has 0 bridgehead atoms. The first-order chi connectivity index (χ1) is 4.54. The van der Waals surface area contributed by atoms with Gasteiger partial charge in [-0.1, -0.05) is 7.43 Å². The van der Waals surface area contributed by atoms with Crippen LogP contribution in [0.1, 0.15) is 35.1 Å². The number of nitrogens with zero attached hydrogens (tertiary/aromatic N) is 2. The zero-order valence-corrected chi connectivity index (χ0v) is 7.89. The van der Waals surface area contributed by atoms with Crippen molar-refractivity contribution in [2.45, 2.75) is 35.1 Å². The highest BCUT2D eigenvalue weighted by atomic mass is 14.7. The highest BCUT2D eigenvalue weighted by Gasteiger charge is 1.62. The molecule has 2 heteroatoms. The summed E-state index contributed by atoms with van der Waals surface area (Å²) in [6.07, 6.45) is 0. The molecule has 11 heavy (non-hydrogen) atoms. The molecule has 68 valence electrons. The summed E-state index contributed by atoms with van der Waals surface area (Å²) in [5.41, 5.74) is 2.26. The fourth-order valence-corrected chi connectivity index (χ4v) is 0. The third-order valence-corrected chi connectivity index (χ3v) is 0.894. The fourth-order valence-electron chi connectivity index (χ4n) is 0. The first kappa shape index (κ1) is 16.7. The zero-order valence-electron chi connectivity index (χ0n) is 7.89. The Morgan fingerprint density at radius 2 is 0.818 bits per heavy atom. The summed E-state index contributed by atoms with van der Waals surface area (Å²) in [7, 11) is 3.57. The summed E-state index contributed by atoms with van der Waals surface area (Å²) in [6, 6.07) is 0. The summed E-state index contributed by atoms with van der Waals surface area (Å²) < 4.78 is 0. The Balaban J connectivity index is -0.000000107. The van der Waals surface area contributed by atoms with Gasteiger partial charge < -0.3 is 0 Å². The molecule has 0 unspecified atom stereocenters. The van der Waals surface area contributed by atoms with Crippen LogP contribution in [0.15, 0.2) is 9.98 Å². The largest absolute Gasteiger partial charge is 0.298 e. The van der Waals surface area contributed by atoms with Gasteiger partial charge in [-0.3, -0.25) is 9.98 Å². The molecular formula is C9H22N2. The Kier molecular flexibility index (Phi) is 18.4. The molecule has 2 nitrogen and oxygen atoms in total. The van der Waals surface area contributed by atoms with Gasteiger partial charge in [0.05, 0.1) is 0 Å². The first-order valence-corrected chi connectivity index (χ1v) is 3.34. The molecule has 0 aromatic carbocycles. The topological polar surface area (TPSA) is 24.7 Å². The molecule has 0 saturated carbocycles. The van der Waals surface area contributed by atoms with Crippen LogP contribution in [0.25, 0.3) is 0 Å². The maximum Gasteiger partial charge on any atom is 0.0276 e. The zero-order chi connectivity index (χ0) is 8.57. The van der Waals surface area contributed by atoms with Crippen LogP contribution in [0.4, 0.5) is 0 Å². The van der Waals surface area contributed by atoms with Crippen molar-refractivity contribution in [3.8, 4) is 0 Å². The molecule has 0 N–H and O–H groups in total. The molecule has 0 atom stereocenters. The van der Waals surface area contributed by atoms with Crippen molar-refractivity contribution in [2.75, 3.05) is 14.1 Å². The molecule has 0 heterocycles. The van der Waals surface area contributed by atoms with Gasteiger partial charge >= 0.3 is 0 Å². The van der Waals surface area contributed by atoms with E-state index in [-0.39, 0.29) is 7.43 Å². The lowest BCUT2D eigenvalue weighted by Gasteiger charge is -1.74. The molecule has 0 aliphatic carbocycles. The molecular weight excluding hydrogens is 136 g/mol. The lowest BCUT2D eigenvalue weighted by molar-refractivity contribution is 1.41. The first-order valence-electron chi connectivity index (χ1n) is 3.34. The van der Waals surface area contributed by atoms with E-state index in [0.717, 1.165) is 11.4 Å². The maximum absolute atomic E-state index is 3.81. The van der Waals surface area contributed by atoms with Crippen molar-refractivity contribution in [3.05, 3.63) is 0 Å². The van der Waals surface area contributed by atoms with E-state index in [4.69, 9.17) is 0 Å². The molecule has 0 aromatic heterocycles. The summed E-state index contributed by atoms with van der Waals surface area (Å²) in [5.74, 6) is 0.